The molecule has 0 aliphatic heterocycles. The molecule has 28 heavy (non-hydrogen) atoms. The number of carbonyl (C=O) groups is 1. The van der Waals surface area contributed by atoms with Crippen LogP contribution in [0, 0.1) is 15.9 Å². The Balaban J connectivity index is 1.69. The summed E-state index contributed by atoms with van der Waals surface area (Å²) >= 11 is 0. The number of rotatable bonds is 4. The minimum absolute atomic E-state index is 0.0378. The van der Waals surface area contributed by atoms with Crippen LogP contribution in [0.15, 0.2) is 66.7 Å². The number of hydrogen-bond donors (Lipinski definition) is 2. The third-order valence-electron chi connectivity index (χ3n) is 4.24. The van der Waals surface area contributed by atoms with Crippen LogP contribution in [0.4, 0.5) is 15.8 Å². The van der Waals surface area contributed by atoms with Gasteiger partial charge in [-0.1, -0.05) is 18.2 Å². The maximum atomic E-state index is 13.3. The second-order valence-electron chi connectivity index (χ2n) is 6.10. The summed E-state index contributed by atoms with van der Waals surface area (Å²) in [4.78, 5) is 22.9. The molecule has 2 N–H and O–H groups in total. The summed E-state index contributed by atoms with van der Waals surface area (Å²) in [5.74, 6) is -0.940. The van der Waals surface area contributed by atoms with Crippen molar-refractivity contribution >= 4 is 28.2 Å². The molecule has 0 spiro atoms. The SMILES string of the molecule is O=C(Nc1ccc2[nH]nc(-c3cccc([N+](=O)[O-])c3)c2c1)c1cccc(F)c1. The number of aromatic nitrogens is 2. The Morgan fingerprint density at radius 1 is 1.07 bits per heavy atom. The first-order chi connectivity index (χ1) is 13.5. The number of aromatic amines is 1. The number of H-pyrrole nitrogens is 1. The molecule has 0 atom stereocenters. The minimum atomic E-state index is -0.495. The van der Waals surface area contributed by atoms with E-state index in [-0.39, 0.29) is 11.3 Å². The molecule has 1 aromatic heterocycles. The van der Waals surface area contributed by atoms with Gasteiger partial charge in [-0.2, -0.15) is 5.10 Å². The Labute approximate surface area is 158 Å². The van der Waals surface area contributed by atoms with Crippen molar-refractivity contribution in [1.29, 1.82) is 0 Å². The van der Waals surface area contributed by atoms with Crippen LogP contribution in [0.5, 0.6) is 0 Å². The predicted molar refractivity (Wildman–Crippen MR) is 103 cm³/mol. The van der Waals surface area contributed by atoms with Crippen LogP contribution in [-0.2, 0) is 0 Å². The van der Waals surface area contributed by atoms with Gasteiger partial charge in [0.05, 0.1) is 10.4 Å². The molecule has 1 heterocycles. The number of carbonyl (C=O) groups excluding carboxylic acids is 1. The molecule has 0 fully saturated rings. The Morgan fingerprint density at radius 3 is 2.68 bits per heavy atom. The van der Waals surface area contributed by atoms with Crippen molar-refractivity contribution in [2.24, 2.45) is 0 Å². The lowest BCUT2D eigenvalue weighted by atomic mass is 10.1. The van der Waals surface area contributed by atoms with Gasteiger partial charge in [-0.15, -0.1) is 0 Å². The Morgan fingerprint density at radius 2 is 1.89 bits per heavy atom. The maximum Gasteiger partial charge on any atom is 0.270 e. The highest BCUT2D eigenvalue weighted by atomic mass is 19.1. The zero-order valence-corrected chi connectivity index (χ0v) is 14.3. The number of nitrogens with zero attached hydrogens (tertiary/aromatic N) is 2. The van der Waals surface area contributed by atoms with E-state index in [0.717, 1.165) is 6.07 Å². The van der Waals surface area contributed by atoms with Crippen molar-refractivity contribution in [1.82, 2.24) is 10.2 Å². The summed E-state index contributed by atoms with van der Waals surface area (Å²) in [5, 5.41) is 21.6. The van der Waals surface area contributed by atoms with E-state index >= 15 is 0 Å². The third-order valence-corrected chi connectivity index (χ3v) is 4.24. The maximum absolute atomic E-state index is 13.3. The molecule has 0 radical (unpaired) electrons. The average Bonchev–Trinajstić information content (AvgIpc) is 3.11. The molecule has 0 aliphatic rings. The summed E-state index contributed by atoms with van der Waals surface area (Å²) < 4.78 is 13.3. The number of amides is 1. The zero-order chi connectivity index (χ0) is 19.7. The van der Waals surface area contributed by atoms with Crippen molar-refractivity contribution in [2.45, 2.75) is 0 Å². The Hall–Kier alpha value is -4.07. The number of nitro groups is 1. The first-order valence-corrected chi connectivity index (χ1v) is 8.31. The van der Waals surface area contributed by atoms with E-state index in [9.17, 15) is 19.3 Å². The van der Waals surface area contributed by atoms with E-state index in [1.54, 1.807) is 30.3 Å². The van der Waals surface area contributed by atoms with Gasteiger partial charge in [-0.25, -0.2) is 4.39 Å². The first-order valence-electron chi connectivity index (χ1n) is 8.31. The Bertz CT molecular complexity index is 1220. The van der Waals surface area contributed by atoms with E-state index in [1.807, 2.05) is 0 Å². The van der Waals surface area contributed by atoms with Gasteiger partial charge in [-0.05, 0) is 36.4 Å². The van der Waals surface area contributed by atoms with Crippen molar-refractivity contribution in [3.63, 3.8) is 0 Å². The molecule has 138 valence electrons. The molecule has 4 aromatic rings. The standard InChI is InChI=1S/C20H13FN4O3/c21-14-5-1-4-13(9-14)20(26)22-15-7-8-18-17(11-15)19(24-23-18)12-3-2-6-16(10-12)25(27)28/h1-11H,(H,22,26)(H,23,24). The summed E-state index contributed by atoms with van der Waals surface area (Å²) in [6, 6.07) is 16.7. The fourth-order valence-electron chi connectivity index (χ4n) is 2.91. The second-order valence-corrected chi connectivity index (χ2v) is 6.10. The highest BCUT2D eigenvalue weighted by Crippen LogP contribution is 2.30. The topological polar surface area (TPSA) is 101 Å². The molecule has 8 heteroatoms. The van der Waals surface area contributed by atoms with Gasteiger partial charge in [0.1, 0.15) is 11.5 Å². The average molecular weight is 376 g/mol. The lowest BCUT2D eigenvalue weighted by Gasteiger charge is -2.06. The van der Waals surface area contributed by atoms with Crippen molar-refractivity contribution in [3.8, 4) is 11.3 Å². The monoisotopic (exact) mass is 376 g/mol. The first kappa shape index (κ1) is 17.3. The Kier molecular flexibility index (Phi) is 4.29. The fraction of sp³-hybridized carbons (Fsp3) is 0. The zero-order valence-electron chi connectivity index (χ0n) is 14.3. The van der Waals surface area contributed by atoms with Gasteiger partial charge in [0, 0.05) is 34.3 Å². The molecule has 4 rings (SSSR count). The summed E-state index contributed by atoms with van der Waals surface area (Å²) in [7, 11) is 0. The van der Waals surface area contributed by atoms with Crippen LogP contribution in [-0.4, -0.2) is 21.0 Å². The molecular weight excluding hydrogens is 363 g/mol. The molecule has 0 saturated heterocycles. The molecule has 3 aromatic carbocycles. The summed E-state index contributed by atoms with van der Waals surface area (Å²) in [6.45, 7) is 0. The molecule has 1 amide bonds. The molecule has 0 unspecified atom stereocenters. The minimum Gasteiger partial charge on any atom is -0.322 e. The van der Waals surface area contributed by atoms with Gasteiger partial charge in [-0.3, -0.25) is 20.0 Å². The van der Waals surface area contributed by atoms with Gasteiger partial charge in [0.15, 0.2) is 0 Å². The van der Waals surface area contributed by atoms with E-state index in [4.69, 9.17) is 0 Å². The number of non-ortho nitro benzene ring substituents is 1. The van der Waals surface area contributed by atoms with Gasteiger partial charge in [0.2, 0.25) is 0 Å². The van der Waals surface area contributed by atoms with Gasteiger partial charge < -0.3 is 5.32 Å². The van der Waals surface area contributed by atoms with Crippen LogP contribution < -0.4 is 5.32 Å². The normalized spacial score (nSPS) is 10.8. The molecule has 0 aliphatic carbocycles. The second kappa shape index (κ2) is 6.92. The molecule has 0 saturated carbocycles. The van der Waals surface area contributed by atoms with Crippen LogP contribution in [0.3, 0.4) is 0 Å². The van der Waals surface area contributed by atoms with E-state index in [0.29, 0.717) is 27.8 Å². The van der Waals surface area contributed by atoms with Crippen molar-refractivity contribution in [2.75, 3.05) is 5.32 Å². The van der Waals surface area contributed by atoms with E-state index < -0.39 is 16.6 Å². The molecule has 0 bridgehead atoms. The summed E-state index contributed by atoms with van der Waals surface area (Å²) in [5.41, 5.74) is 2.48. The largest absolute Gasteiger partial charge is 0.322 e. The number of hydrogen-bond acceptors (Lipinski definition) is 4. The van der Waals surface area contributed by atoms with Gasteiger partial charge >= 0.3 is 0 Å². The van der Waals surface area contributed by atoms with Crippen LogP contribution in [0.25, 0.3) is 22.2 Å². The lowest BCUT2D eigenvalue weighted by Crippen LogP contribution is -2.11. The number of benzene rings is 3. The van der Waals surface area contributed by atoms with Crippen molar-refractivity contribution in [3.05, 3.63) is 88.2 Å². The quantitative estimate of drug-likeness (QED) is 0.404. The van der Waals surface area contributed by atoms with Crippen LogP contribution in [0.1, 0.15) is 10.4 Å². The number of nitro benzene ring substituents is 1. The van der Waals surface area contributed by atoms with Crippen LogP contribution >= 0.6 is 0 Å². The number of anilines is 1. The van der Waals surface area contributed by atoms with Gasteiger partial charge in [0.25, 0.3) is 11.6 Å². The predicted octanol–water partition coefficient (Wildman–Crippen LogP) is 4.53. The van der Waals surface area contributed by atoms with Crippen LogP contribution in [0.2, 0.25) is 0 Å². The highest BCUT2D eigenvalue weighted by molar-refractivity contribution is 6.06. The fourth-order valence-corrected chi connectivity index (χ4v) is 2.91. The van der Waals surface area contributed by atoms with E-state index in [2.05, 4.69) is 15.5 Å². The number of halogens is 1. The third kappa shape index (κ3) is 3.30. The number of nitrogens with one attached hydrogen (secondary N) is 2. The highest BCUT2D eigenvalue weighted by Gasteiger charge is 2.14. The van der Waals surface area contributed by atoms with Crippen molar-refractivity contribution < 1.29 is 14.1 Å². The number of fused-ring (bicyclic) bond motifs is 1. The lowest BCUT2D eigenvalue weighted by molar-refractivity contribution is -0.384. The molecule has 7 nitrogen and oxygen atoms in total. The molecular formula is C20H13FN4O3. The smallest absolute Gasteiger partial charge is 0.270 e. The summed E-state index contributed by atoms with van der Waals surface area (Å²) in [6.07, 6.45) is 0. The van der Waals surface area contributed by atoms with E-state index in [1.165, 1.54) is 30.3 Å².